The van der Waals surface area contributed by atoms with Crippen LogP contribution in [0.3, 0.4) is 0 Å². The summed E-state index contributed by atoms with van der Waals surface area (Å²) in [5, 5.41) is 9.80. The molecule has 4 heteroatoms. The van der Waals surface area contributed by atoms with Crippen LogP contribution in [0.2, 0.25) is 0 Å². The van der Waals surface area contributed by atoms with Crippen LogP contribution in [-0.4, -0.2) is 22.0 Å². The molecule has 1 heterocycles. The van der Waals surface area contributed by atoms with Crippen LogP contribution in [0.1, 0.15) is 19.8 Å². The summed E-state index contributed by atoms with van der Waals surface area (Å²) in [7, 11) is 0. The molecule has 1 aromatic rings. The first-order chi connectivity index (χ1) is 4.93. The third-order valence-electron chi connectivity index (χ3n) is 1.14. The minimum absolute atomic E-state index is 0.577. The van der Waals surface area contributed by atoms with Gasteiger partial charge < -0.3 is 4.74 Å². The van der Waals surface area contributed by atoms with Gasteiger partial charge in [-0.05, 0) is 6.42 Å². The molecule has 0 spiro atoms. The van der Waals surface area contributed by atoms with E-state index in [0.29, 0.717) is 5.88 Å². The lowest BCUT2D eigenvalue weighted by Gasteiger charge is -1.97. The number of ether oxygens (including phenoxy) is 1. The lowest BCUT2D eigenvalue weighted by atomic mass is 10.4. The molecular weight excluding hydrogens is 130 g/mol. The van der Waals surface area contributed by atoms with Gasteiger partial charge in [0.2, 0.25) is 0 Å². The maximum Gasteiger partial charge on any atom is 0.253 e. The fourth-order valence-electron chi connectivity index (χ4n) is 0.582. The van der Waals surface area contributed by atoms with Crippen molar-refractivity contribution in [3.8, 4) is 5.88 Å². The average molecular weight is 141 g/mol. The fraction of sp³-hybridized carbons (Fsp3) is 0.667. The molecule has 0 saturated heterocycles. The third kappa shape index (κ3) is 2.05. The second-order valence-electron chi connectivity index (χ2n) is 2.01. The number of H-pyrrole nitrogens is 1. The van der Waals surface area contributed by atoms with Crippen molar-refractivity contribution in [2.75, 3.05) is 6.61 Å². The van der Waals surface area contributed by atoms with E-state index in [1.807, 2.05) is 0 Å². The predicted molar refractivity (Wildman–Crippen MR) is 36.8 cm³/mol. The minimum atomic E-state index is 0.577. The quantitative estimate of drug-likeness (QED) is 0.636. The molecule has 0 fully saturated rings. The molecule has 0 aliphatic carbocycles. The summed E-state index contributed by atoms with van der Waals surface area (Å²) in [5.74, 6) is 0.577. The van der Waals surface area contributed by atoms with E-state index in [1.54, 1.807) is 6.20 Å². The van der Waals surface area contributed by atoms with Crippen LogP contribution >= 0.6 is 0 Å². The van der Waals surface area contributed by atoms with Gasteiger partial charge in [-0.2, -0.15) is 10.3 Å². The molecule has 1 aromatic heterocycles. The number of hydrogen-bond acceptors (Lipinski definition) is 3. The zero-order valence-electron chi connectivity index (χ0n) is 6.00. The molecule has 0 saturated carbocycles. The van der Waals surface area contributed by atoms with Gasteiger partial charge in [0.1, 0.15) is 6.20 Å². The van der Waals surface area contributed by atoms with Gasteiger partial charge in [0.15, 0.2) is 0 Å². The molecule has 0 aromatic carbocycles. The average Bonchev–Trinajstić information content (AvgIpc) is 2.41. The number of unbranched alkanes of at least 4 members (excludes halogenated alkanes) is 1. The highest BCUT2D eigenvalue weighted by Gasteiger charge is 1.92. The third-order valence-corrected chi connectivity index (χ3v) is 1.14. The first kappa shape index (κ1) is 7.05. The summed E-state index contributed by atoms with van der Waals surface area (Å²) in [6.45, 7) is 2.84. The Hall–Kier alpha value is -1.06. The smallest absolute Gasteiger partial charge is 0.253 e. The number of hydrogen-bond donors (Lipinski definition) is 1. The van der Waals surface area contributed by atoms with Gasteiger partial charge in [-0.1, -0.05) is 13.3 Å². The molecule has 56 valence electrons. The molecule has 0 aliphatic rings. The van der Waals surface area contributed by atoms with E-state index in [-0.39, 0.29) is 0 Å². The fourth-order valence-corrected chi connectivity index (χ4v) is 0.582. The van der Waals surface area contributed by atoms with E-state index in [0.717, 1.165) is 19.4 Å². The number of nitrogens with zero attached hydrogens (tertiary/aromatic N) is 2. The highest BCUT2D eigenvalue weighted by Crippen LogP contribution is 2.00. The Balaban J connectivity index is 2.15. The van der Waals surface area contributed by atoms with Crippen molar-refractivity contribution in [1.29, 1.82) is 0 Å². The van der Waals surface area contributed by atoms with Gasteiger partial charge in [-0.15, -0.1) is 5.10 Å². The van der Waals surface area contributed by atoms with Crippen LogP contribution in [0, 0.1) is 0 Å². The van der Waals surface area contributed by atoms with Crippen molar-refractivity contribution in [2.24, 2.45) is 0 Å². The summed E-state index contributed by atoms with van der Waals surface area (Å²) in [5.41, 5.74) is 0. The zero-order chi connectivity index (χ0) is 7.23. The lowest BCUT2D eigenvalue weighted by molar-refractivity contribution is 0.297. The topological polar surface area (TPSA) is 50.8 Å². The Morgan fingerprint density at radius 2 is 2.60 bits per heavy atom. The minimum Gasteiger partial charge on any atom is -0.475 e. The van der Waals surface area contributed by atoms with Crippen LogP contribution in [0.15, 0.2) is 6.20 Å². The standard InChI is InChI=1S/C6H11N3O/c1-2-3-4-10-6-5-7-9-8-6/h5H,2-4H2,1H3,(H,7,8,9). The van der Waals surface area contributed by atoms with Crippen molar-refractivity contribution in [2.45, 2.75) is 19.8 Å². The van der Waals surface area contributed by atoms with E-state index in [2.05, 4.69) is 22.3 Å². The van der Waals surface area contributed by atoms with Crippen LogP contribution < -0.4 is 4.74 Å². The molecule has 10 heavy (non-hydrogen) atoms. The molecular formula is C6H11N3O. The maximum atomic E-state index is 5.18. The molecule has 1 N–H and O–H groups in total. The molecule has 0 bridgehead atoms. The first-order valence-electron chi connectivity index (χ1n) is 3.42. The zero-order valence-corrected chi connectivity index (χ0v) is 6.00. The normalized spacial score (nSPS) is 9.70. The second kappa shape index (κ2) is 3.87. The summed E-state index contributed by atoms with van der Waals surface area (Å²) in [6.07, 6.45) is 3.76. The predicted octanol–water partition coefficient (Wildman–Crippen LogP) is 0.984. The highest BCUT2D eigenvalue weighted by molar-refractivity contribution is 4.96. The van der Waals surface area contributed by atoms with E-state index in [4.69, 9.17) is 4.74 Å². The van der Waals surface area contributed by atoms with E-state index >= 15 is 0 Å². The van der Waals surface area contributed by atoms with Crippen molar-refractivity contribution < 1.29 is 4.74 Å². The molecule has 4 nitrogen and oxygen atoms in total. The van der Waals surface area contributed by atoms with Crippen LogP contribution in [0.25, 0.3) is 0 Å². The summed E-state index contributed by atoms with van der Waals surface area (Å²) < 4.78 is 5.18. The van der Waals surface area contributed by atoms with Gasteiger partial charge in [-0.25, -0.2) is 0 Å². The lowest BCUT2D eigenvalue weighted by Crippen LogP contribution is -1.96. The largest absolute Gasteiger partial charge is 0.475 e. The van der Waals surface area contributed by atoms with E-state index in [1.165, 1.54) is 0 Å². The SMILES string of the molecule is CCCCOc1cn[nH]n1. The van der Waals surface area contributed by atoms with Gasteiger partial charge in [0.25, 0.3) is 5.88 Å². The number of nitrogens with one attached hydrogen (secondary N) is 1. The first-order valence-corrected chi connectivity index (χ1v) is 3.42. The van der Waals surface area contributed by atoms with Crippen LogP contribution in [0.4, 0.5) is 0 Å². The number of aromatic nitrogens is 3. The Labute approximate surface area is 59.6 Å². The highest BCUT2D eigenvalue weighted by atomic mass is 16.5. The summed E-state index contributed by atoms with van der Waals surface area (Å²) in [4.78, 5) is 0. The Bertz CT molecular complexity index is 162. The van der Waals surface area contributed by atoms with Gasteiger partial charge in [0, 0.05) is 0 Å². The van der Waals surface area contributed by atoms with E-state index in [9.17, 15) is 0 Å². The monoisotopic (exact) mass is 141 g/mol. The molecule has 0 amide bonds. The van der Waals surface area contributed by atoms with Gasteiger partial charge >= 0.3 is 0 Å². The summed E-state index contributed by atoms with van der Waals surface area (Å²) in [6, 6.07) is 0. The Morgan fingerprint density at radius 3 is 3.20 bits per heavy atom. The molecule has 0 radical (unpaired) electrons. The van der Waals surface area contributed by atoms with Crippen molar-refractivity contribution >= 4 is 0 Å². The summed E-state index contributed by atoms with van der Waals surface area (Å²) >= 11 is 0. The van der Waals surface area contributed by atoms with Crippen LogP contribution in [0.5, 0.6) is 5.88 Å². The Kier molecular flexibility index (Phi) is 2.73. The van der Waals surface area contributed by atoms with Crippen molar-refractivity contribution in [1.82, 2.24) is 15.4 Å². The molecule has 0 aliphatic heterocycles. The number of rotatable bonds is 4. The van der Waals surface area contributed by atoms with Crippen molar-refractivity contribution in [3.63, 3.8) is 0 Å². The number of aromatic amines is 1. The second-order valence-corrected chi connectivity index (χ2v) is 2.01. The van der Waals surface area contributed by atoms with Crippen LogP contribution in [-0.2, 0) is 0 Å². The molecule has 0 atom stereocenters. The molecule has 0 unspecified atom stereocenters. The van der Waals surface area contributed by atoms with E-state index < -0.39 is 0 Å². The van der Waals surface area contributed by atoms with Gasteiger partial charge in [0.05, 0.1) is 6.61 Å². The maximum absolute atomic E-state index is 5.18. The van der Waals surface area contributed by atoms with Gasteiger partial charge in [-0.3, -0.25) is 0 Å². The molecule has 1 rings (SSSR count). The van der Waals surface area contributed by atoms with Crippen molar-refractivity contribution in [3.05, 3.63) is 6.20 Å². The Morgan fingerprint density at radius 1 is 1.70 bits per heavy atom.